The molecule has 1 aliphatic carbocycles. The topological polar surface area (TPSA) is 64.4 Å². The Morgan fingerprint density at radius 3 is 2.50 bits per heavy atom. The van der Waals surface area contributed by atoms with Gasteiger partial charge in [0.05, 0.1) is 6.07 Å². The number of rotatable bonds is 2. The smallest absolute Gasteiger partial charge is 0.246 e. The molecule has 2 saturated heterocycles. The molecule has 2 fully saturated rings. The molecule has 2 heterocycles. The number of benzene rings is 1. The molecule has 2 amide bonds. The van der Waals surface area contributed by atoms with Crippen molar-refractivity contribution in [1.82, 2.24) is 9.80 Å². The number of amides is 2. The van der Waals surface area contributed by atoms with E-state index in [-0.39, 0.29) is 29.8 Å². The highest BCUT2D eigenvalue weighted by atomic mass is 16.2. The average Bonchev–Trinajstić information content (AvgIpc) is 3.35. The van der Waals surface area contributed by atoms with Crippen molar-refractivity contribution >= 4 is 11.8 Å². The van der Waals surface area contributed by atoms with Crippen LogP contribution in [0.25, 0.3) is 0 Å². The van der Waals surface area contributed by atoms with Crippen LogP contribution in [-0.4, -0.2) is 46.8 Å². The van der Waals surface area contributed by atoms with E-state index in [4.69, 9.17) is 0 Å². The van der Waals surface area contributed by atoms with Crippen LogP contribution in [0.2, 0.25) is 0 Å². The molecule has 3 atom stereocenters. The Bertz CT molecular complexity index is 754. The van der Waals surface area contributed by atoms with Crippen LogP contribution in [0.1, 0.15) is 43.2 Å². The van der Waals surface area contributed by atoms with Gasteiger partial charge in [0.25, 0.3) is 0 Å². The molecule has 5 heteroatoms. The van der Waals surface area contributed by atoms with E-state index in [2.05, 4.69) is 24.3 Å². The van der Waals surface area contributed by atoms with Gasteiger partial charge in [0, 0.05) is 19.0 Å². The van der Waals surface area contributed by atoms with Gasteiger partial charge in [0.15, 0.2) is 0 Å². The summed E-state index contributed by atoms with van der Waals surface area (Å²) in [5.74, 6) is 0.0859. The number of likely N-dealkylation sites (tertiary alicyclic amines) is 2. The van der Waals surface area contributed by atoms with Gasteiger partial charge in [-0.1, -0.05) is 24.3 Å². The molecule has 4 rings (SSSR count). The van der Waals surface area contributed by atoms with E-state index in [1.54, 1.807) is 4.90 Å². The van der Waals surface area contributed by atoms with Gasteiger partial charge in [0.1, 0.15) is 12.1 Å². The second-order valence-corrected chi connectivity index (χ2v) is 7.72. The minimum atomic E-state index is -0.367. The quantitative estimate of drug-likeness (QED) is 0.821. The van der Waals surface area contributed by atoms with Crippen LogP contribution in [0.3, 0.4) is 0 Å². The molecule has 0 radical (unpaired) electrons. The molecule has 1 aromatic carbocycles. The Labute approximate surface area is 154 Å². The zero-order valence-electron chi connectivity index (χ0n) is 15.1. The van der Waals surface area contributed by atoms with Gasteiger partial charge in [-0.3, -0.25) is 9.59 Å². The van der Waals surface area contributed by atoms with Crippen molar-refractivity contribution in [2.45, 2.75) is 57.0 Å². The minimum absolute atomic E-state index is 0.0175. The van der Waals surface area contributed by atoms with Crippen LogP contribution in [0, 0.1) is 17.2 Å². The fourth-order valence-electron chi connectivity index (χ4n) is 4.79. The second kappa shape index (κ2) is 7.11. The first-order chi connectivity index (χ1) is 12.7. The number of carbonyl (C=O) groups is 2. The first-order valence-electron chi connectivity index (χ1n) is 9.76. The van der Waals surface area contributed by atoms with Gasteiger partial charge in [0.2, 0.25) is 11.8 Å². The number of hydrogen-bond acceptors (Lipinski definition) is 3. The third kappa shape index (κ3) is 2.98. The van der Waals surface area contributed by atoms with E-state index < -0.39 is 0 Å². The Kier molecular flexibility index (Phi) is 4.67. The molecule has 1 aromatic rings. The van der Waals surface area contributed by atoms with Crippen molar-refractivity contribution in [2.24, 2.45) is 5.92 Å². The zero-order chi connectivity index (χ0) is 18.1. The molecule has 2 aliphatic heterocycles. The predicted octanol–water partition coefficient (Wildman–Crippen LogP) is 2.30. The molecule has 26 heavy (non-hydrogen) atoms. The van der Waals surface area contributed by atoms with E-state index in [1.165, 1.54) is 11.1 Å². The lowest BCUT2D eigenvalue weighted by atomic mass is 9.83. The summed E-state index contributed by atoms with van der Waals surface area (Å²) in [4.78, 5) is 29.7. The molecule has 0 aromatic heterocycles. The average molecular weight is 351 g/mol. The highest BCUT2D eigenvalue weighted by molar-refractivity contribution is 5.90. The van der Waals surface area contributed by atoms with Gasteiger partial charge in [-0.15, -0.1) is 0 Å². The van der Waals surface area contributed by atoms with Crippen molar-refractivity contribution < 1.29 is 9.59 Å². The molecule has 0 bridgehead atoms. The fourth-order valence-corrected chi connectivity index (χ4v) is 4.79. The fraction of sp³-hybridized carbons (Fsp3) is 0.571. The van der Waals surface area contributed by atoms with E-state index in [0.717, 1.165) is 44.9 Å². The third-order valence-corrected chi connectivity index (χ3v) is 6.20. The molecule has 0 N–H and O–H groups in total. The van der Waals surface area contributed by atoms with Crippen LogP contribution >= 0.6 is 0 Å². The minimum Gasteiger partial charge on any atom is -0.330 e. The third-order valence-electron chi connectivity index (χ3n) is 6.20. The zero-order valence-corrected chi connectivity index (χ0v) is 15.1. The molecule has 0 unspecified atom stereocenters. The summed E-state index contributed by atoms with van der Waals surface area (Å²) in [5, 5.41) is 9.28. The molecular formula is C21H25N3O2. The van der Waals surface area contributed by atoms with Crippen LogP contribution < -0.4 is 0 Å². The first-order valence-corrected chi connectivity index (χ1v) is 9.76. The molecule has 0 saturated carbocycles. The standard InChI is InChI=1S/C21H25N3O2/c22-14-18-7-3-11-23(18)21(26)19-8-4-12-24(19)20(25)17-10-9-15-5-1-2-6-16(15)13-17/h1-2,5-6,17-19H,3-4,7-13H2/t17-,18+,19+/m1/s1. The van der Waals surface area contributed by atoms with Gasteiger partial charge in [-0.05, 0) is 56.1 Å². The summed E-state index contributed by atoms with van der Waals surface area (Å²) < 4.78 is 0. The van der Waals surface area contributed by atoms with Crippen LogP contribution in [0.4, 0.5) is 0 Å². The number of nitriles is 1. The maximum atomic E-state index is 13.2. The number of carbonyl (C=O) groups excluding carboxylic acids is 2. The Morgan fingerprint density at radius 1 is 0.962 bits per heavy atom. The number of hydrogen-bond donors (Lipinski definition) is 0. The highest BCUT2D eigenvalue weighted by Crippen LogP contribution is 2.30. The van der Waals surface area contributed by atoms with Crippen molar-refractivity contribution in [3.05, 3.63) is 35.4 Å². The Morgan fingerprint density at radius 2 is 1.69 bits per heavy atom. The molecule has 5 nitrogen and oxygen atoms in total. The Hall–Kier alpha value is -2.35. The van der Waals surface area contributed by atoms with Crippen molar-refractivity contribution in [3.63, 3.8) is 0 Å². The van der Waals surface area contributed by atoms with Crippen molar-refractivity contribution in [1.29, 1.82) is 5.26 Å². The summed E-state index contributed by atoms with van der Waals surface area (Å²) >= 11 is 0. The van der Waals surface area contributed by atoms with Crippen LogP contribution in [0.5, 0.6) is 0 Å². The first kappa shape index (κ1) is 17.1. The van der Waals surface area contributed by atoms with Gasteiger partial charge < -0.3 is 9.80 Å². The summed E-state index contributed by atoms with van der Waals surface area (Å²) in [5.41, 5.74) is 2.61. The van der Waals surface area contributed by atoms with Crippen LogP contribution in [-0.2, 0) is 22.4 Å². The van der Waals surface area contributed by atoms with Crippen molar-refractivity contribution in [2.75, 3.05) is 13.1 Å². The molecule has 3 aliphatic rings. The van der Waals surface area contributed by atoms with Crippen molar-refractivity contribution in [3.8, 4) is 6.07 Å². The Balaban J connectivity index is 1.47. The molecular weight excluding hydrogens is 326 g/mol. The maximum Gasteiger partial charge on any atom is 0.246 e. The number of fused-ring (bicyclic) bond motifs is 1. The SMILES string of the molecule is N#C[C@@H]1CCCN1C(=O)[C@@H]1CCCN1C(=O)[C@@H]1CCc2ccccc2C1. The summed E-state index contributed by atoms with van der Waals surface area (Å²) in [6, 6.07) is 9.90. The predicted molar refractivity (Wildman–Crippen MR) is 97.0 cm³/mol. The summed E-state index contributed by atoms with van der Waals surface area (Å²) in [7, 11) is 0. The lowest BCUT2D eigenvalue weighted by Gasteiger charge is -2.33. The van der Waals surface area contributed by atoms with E-state index in [1.807, 2.05) is 11.0 Å². The summed E-state index contributed by atoms with van der Waals surface area (Å²) in [6.45, 7) is 1.31. The highest BCUT2D eigenvalue weighted by Gasteiger charge is 2.42. The second-order valence-electron chi connectivity index (χ2n) is 7.72. The number of nitrogens with zero attached hydrogens (tertiary/aromatic N) is 3. The lowest BCUT2D eigenvalue weighted by Crippen LogP contribution is -2.50. The van der Waals surface area contributed by atoms with E-state index in [9.17, 15) is 14.9 Å². The van der Waals surface area contributed by atoms with Gasteiger partial charge in [-0.2, -0.15) is 5.26 Å². The lowest BCUT2D eigenvalue weighted by molar-refractivity contribution is -0.146. The molecule has 136 valence electrons. The summed E-state index contributed by atoms with van der Waals surface area (Å²) in [6.07, 6.45) is 5.79. The number of aryl methyl sites for hydroxylation is 1. The monoisotopic (exact) mass is 351 g/mol. The molecule has 0 spiro atoms. The van der Waals surface area contributed by atoms with Gasteiger partial charge in [-0.25, -0.2) is 0 Å². The maximum absolute atomic E-state index is 13.2. The van der Waals surface area contributed by atoms with E-state index in [0.29, 0.717) is 13.1 Å². The normalized spacial score (nSPS) is 27.9. The van der Waals surface area contributed by atoms with Crippen LogP contribution in [0.15, 0.2) is 24.3 Å². The van der Waals surface area contributed by atoms with E-state index >= 15 is 0 Å². The largest absolute Gasteiger partial charge is 0.330 e. The van der Waals surface area contributed by atoms with Gasteiger partial charge >= 0.3 is 0 Å².